The Kier molecular flexibility index (Phi) is 2.68. The van der Waals surface area contributed by atoms with Crippen LogP contribution in [-0.4, -0.2) is 4.40 Å². The van der Waals surface area contributed by atoms with Crippen LogP contribution in [0, 0.1) is 16.7 Å². The van der Waals surface area contributed by atoms with E-state index < -0.39 is 5.63 Å². The van der Waals surface area contributed by atoms with Crippen molar-refractivity contribution in [2.24, 2.45) is 0 Å². The molecule has 23 heavy (non-hydrogen) atoms. The first-order valence-corrected chi connectivity index (χ1v) is 6.80. The van der Waals surface area contributed by atoms with Gasteiger partial charge >= 0.3 is 5.63 Å². The molecule has 4 rings (SSSR count). The van der Waals surface area contributed by atoms with Gasteiger partial charge in [0.25, 0.3) is 0 Å². The van der Waals surface area contributed by atoms with Crippen LogP contribution in [0.3, 0.4) is 0 Å². The van der Waals surface area contributed by atoms with Crippen LogP contribution in [0.4, 0.5) is 0 Å². The number of nitrogens with zero attached hydrogens (tertiary/aromatic N) is 2. The van der Waals surface area contributed by atoms with Gasteiger partial charge in [0, 0.05) is 11.6 Å². The van der Waals surface area contributed by atoms with Crippen molar-refractivity contribution in [1.82, 2.24) is 4.40 Å². The molecule has 4 aromatic heterocycles. The van der Waals surface area contributed by atoms with Gasteiger partial charge in [0.2, 0.25) is 0 Å². The van der Waals surface area contributed by atoms with E-state index in [1.54, 1.807) is 42.6 Å². The fourth-order valence-electron chi connectivity index (χ4n) is 2.67. The van der Waals surface area contributed by atoms with Crippen LogP contribution >= 0.6 is 0 Å². The van der Waals surface area contributed by atoms with Crippen molar-refractivity contribution in [3.05, 3.63) is 70.3 Å². The molecule has 1 N–H and O–H groups in total. The van der Waals surface area contributed by atoms with E-state index in [1.165, 1.54) is 10.7 Å². The maximum absolute atomic E-state index is 12.4. The summed E-state index contributed by atoms with van der Waals surface area (Å²) >= 11 is 0. The van der Waals surface area contributed by atoms with Crippen LogP contribution in [0.25, 0.3) is 27.8 Å². The van der Waals surface area contributed by atoms with Crippen molar-refractivity contribution >= 4 is 16.3 Å². The molecule has 0 saturated heterocycles. The average Bonchev–Trinajstić information content (AvgIpc) is 3.09. The van der Waals surface area contributed by atoms with Gasteiger partial charge in [-0.05, 0) is 30.3 Å². The molecule has 0 amide bonds. The molecule has 4 heterocycles. The molecule has 0 aromatic carbocycles. The van der Waals surface area contributed by atoms with Crippen LogP contribution < -0.4 is 11.1 Å². The van der Waals surface area contributed by atoms with Crippen LogP contribution in [0.2, 0.25) is 0 Å². The summed E-state index contributed by atoms with van der Waals surface area (Å²) in [5.41, 5.74) is 0.184. The lowest BCUT2D eigenvalue weighted by molar-refractivity contribution is 0.496. The van der Waals surface area contributed by atoms with Crippen molar-refractivity contribution in [3.8, 4) is 17.6 Å². The second kappa shape index (κ2) is 4.71. The maximum Gasteiger partial charge on any atom is 0.348 e. The van der Waals surface area contributed by atoms with Gasteiger partial charge in [-0.2, -0.15) is 5.26 Å². The molecule has 0 aliphatic rings. The molecular weight excluding hydrogens is 294 g/mol. The van der Waals surface area contributed by atoms with E-state index in [1.807, 2.05) is 0 Å². The SMILES string of the molecule is N#Cc1c2cc(-c3ccco3)oc(=O)c2c(=N)n2ccccc12. The molecule has 4 aromatic rings. The Morgan fingerprint density at radius 3 is 2.78 bits per heavy atom. The molecule has 0 aliphatic carbocycles. The van der Waals surface area contributed by atoms with Crippen LogP contribution in [0.1, 0.15) is 5.56 Å². The Morgan fingerprint density at radius 2 is 2.04 bits per heavy atom. The van der Waals surface area contributed by atoms with Gasteiger partial charge < -0.3 is 13.2 Å². The number of aromatic nitrogens is 1. The monoisotopic (exact) mass is 303 g/mol. The summed E-state index contributed by atoms with van der Waals surface area (Å²) in [6.07, 6.45) is 3.11. The molecule has 0 fully saturated rings. The molecule has 0 unspecified atom stereocenters. The van der Waals surface area contributed by atoms with Gasteiger partial charge in [0.05, 0.1) is 17.3 Å². The molecule has 0 radical (unpaired) electrons. The van der Waals surface area contributed by atoms with Crippen molar-refractivity contribution < 1.29 is 8.83 Å². The van der Waals surface area contributed by atoms with Crippen LogP contribution in [0.15, 0.2) is 62.5 Å². The lowest BCUT2D eigenvalue weighted by Gasteiger charge is -2.08. The molecule has 0 spiro atoms. The predicted molar refractivity (Wildman–Crippen MR) is 81.7 cm³/mol. The zero-order chi connectivity index (χ0) is 16.0. The van der Waals surface area contributed by atoms with Gasteiger partial charge in [0.15, 0.2) is 11.5 Å². The second-order valence-corrected chi connectivity index (χ2v) is 4.96. The summed E-state index contributed by atoms with van der Waals surface area (Å²) in [5, 5.41) is 18.3. The first-order chi connectivity index (χ1) is 11.2. The lowest BCUT2D eigenvalue weighted by atomic mass is 10.1. The Labute approximate surface area is 129 Å². The number of pyridine rings is 2. The molecule has 0 aliphatic heterocycles. The smallest absolute Gasteiger partial charge is 0.348 e. The second-order valence-electron chi connectivity index (χ2n) is 4.96. The first-order valence-electron chi connectivity index (χ1n) is 6.80. The Morgan fingerprint density at radius 1 is 1.17 bits per heavy atom. The number of nitrogens with one attached hydrogen (secondary N) is 1. The van der Waals surface area contributed by atoms with Gasteiger partial charge in [-0.15, -0.1) is 0 Å². The third-order valence-corrected chi connectivity index (χ3v) is 3.69. The van der Waals surface area contributed by atoms with E-state index in [0.29, 0.717) is 22.2 Å². The maximum atomic E-state index is 12.4. The lowest BCUT2D eigenvalue weighted by Crippen LogP contribution is -2.21. The molecule has 0 atom stereocenters. The van der Waals surface area contributed by atoms with E-state index in [9.17, 15) is 10.1 Å². The highest BCUT2D eigenvalue weighted by atomic mass is 16.4. The molecule has 110 valence electrons. The topological polar surface area (TPSA) is 95.4 Å². The summed E-state index contributed by atoms with van der Waals surface area (Å²) in [7, 11) is 0. The Bertz CT molecular complexity index is 1210. The Hall–Kier alpha value is -3.59. The normalized spacial score (nSPS) is 10.9. The summed E-state index contributed by atoms with van der Waals surface area (Å²) < 4.78 is 12.0. The quantitative estimate of drug-likeness (QED) is 0.547. The highest BCUT2D eigenvalue weighted by Crippen LogP contribution is 2.24. The van der Waals surface area contributed by atoms with E-state index in [2.05, 4.69) is 6.07 Å². The van der Waals surface area contributed by atoms with E-state index in [4.69, 9.17) is 14.2 Å². The summed E-state index contributed by atoms with van der Waals surface area (Å²) in [4.78, 5) is 12.4. The van der Waals surface area contributed by atoms with Gasteiger partial charge in [0.1, 0.15) is 16.9 Å². The minimum atomic E-state index is -0.673. The summed E-state index contributed by atoms with van der Waals surface area (Å²) in [6.45, 7) is 0. The highest BCUT2D eigenvalue weighted by Gasteiger charge is 2.16. The third-order valence-electron chi connectivity index (χ3n) is 3.69. The molecular formula is C17H9N3O3. The standard InChI is InChI=1S/C17H9N3O3/c18-9-11-10-8-14(13-5-3-7-22-13)23-17(21)15(10)16(19)20-6-2-1-4-12(11)20/h1-8,19H. The van der Waals surface area contributed by atoms with Gasteiger partial charge in [-0.1, -0.05) is 6.07 Å². The number of furan rings is 1. The number of hydrogen-bond donors (Lipinski definition) is 1. The van der Waals surface area contributed by atoms with Crippen LogP contribution in [0.5, 0.6) is 0 Å². The van der Waals surface area contributed by atoms with E-state index in [0.717, 1.165) is 0 Å². The fourth-order valence-corrected chi connectivity index (χ4v) is 2.67. The predicted octanol–water partition coefficient (Wildman–Crippen LogP) is 2.66. The molecule has 0 saturated carbocycles. The van der Waals surface area contributed by atoms with Crippen LogP contribution in [-0.2, 0) is 0 Å². The highest BCUT2D eigenvalue weighted by molar-refractivity contribution is 5.93. The molecule has 0 bridgehead atoms. The van der Waals surface area contributed by atoms with Gasteiger partial charge in [-0.3, -0.25) is 5.41 Å². The Balaban J connectivity index is 2.27. The number of hydrogen-bond acceptors (Lipinski definition) is 5. The van der Waals surface area contributed by atoms with Crippen molar-refractivity contribution in [2.45, 2.75) is 0 Å². The van der Waals surface area contributed by atoms with E-state index >= 15 is 0 Å². The summed E-state index contributed by atoms with van der Waals surface area (Å²) in [6, 6.07) is 12.3. The fraction of sp³-hybridized carbons (Fsp3) is 0. The van der Waals surface area contributed by atoms with Crippen molar-refractivity contribution in [1.29, 1.82) is 10.7 Å². The number of nitriles is 1. The minimum Gasteiger partial charge on any atom is -0.461 e. The third kappa shape index (κ3) is 1.80. The average molecular weight is 303 g/mol. The molecule has 6 nitrogen and oxygen atoms in total. The zero-order valence-electron chi connectivity index (χ0n) is 11.7. The largest absolute Gasteiger partial charge is 0.461 e. The molecule has 6 heteroatoms. The number of rotatable bonds is 1. The zero-order valence-corrected chi connectivity index (χ0v) is 11.7. The first kappa shape index (κ1) is 13.1. The van der Waals surface area contributed by atoms with E-state index in [-0.39, 0.29) is 16.6 Å². The van der Waals surface area contributed by atoms with Gasteiger partial charge in [-0.25, -0.2) is 4.79 Å². The van der Waals surface area contributed by atoms with Crippen molar-refractivity contribution in [3.63, 3.8) is 0 Å². The van der Waals surface area contributed by atoms with Crippen molar-refractivity contribution in [2.75, 3.05) is 0 Å². The number of fused-ring (bicyclic) bond motifs is 2. The summed E-state index contributed by atoms with van der Waals surface area (Å²) in [5.74, 6) is 0.615. The minimum absolute atomic E-state index is 0.0191.